The third-order valence-electron chi connectivity index (χ3n) is 4.28. The smallest absolute Gasteiger partial charge is 0.247 e. The van der Waals surface area contributed by atoms with Crippen molar-refractivity contribution in [3.63, 3.8) is 0 Å². The Bertz CT molecular complexity index is 1020. The molecule has 34 heavy (non-hydrogen) atoms. The van der Waals surface area contributed by atoms with Crippen molar-refractivity contribution in [2.45, 2.75) is 48.9 Å². The van der Waals surface area contributed by atoms with Gasteiger partial charge in [0, 0.05) is 33.9 Å². The van der Waals surface area contributed by atoms with Gasteiger partial charge in [-0.2, -0.15) is 0 Å². The van der Waals surface area contributed by atoms with Crippen LogP contribution in [0.4, 0.5) is 17.3 Å². The van der Waals surface area contributed by atoms with Gasteiger partial charge >= 0.3 is 0 Å². The van der Waals surface area contributed by atoms with Gasteiger partial charge in [0.1, 0.15) is 5.03 Å². The molecule has 0 aliphatic rings. The van der Waals surface area contributed by atoms with Gasteiger partial charge in [0.2, 0.25) is 11.9 Å². The summed E-state index contributed by atoms with van der Waals surface area (Å²) in [5.74, 6) is 1.01. The number of benzene rings is 2. The zero-order valence-electron chi connectivity index (χ0n) is 20.2. The van der Waals surface area contributed by atoms with E-state index < -0.39 is 0 Å². The van der Waals surface area contributed by atoms with E-state index in [0.717, 1.165) is 39.2 Å². The van der Waals surface area contributed by atoms with E-state index in [2.05, 4.69) is 57.9 Å². The minimum Gasteiger partial charge on any atom is -0.324 e. The van der Waals surface area contributed by atoms with Gasteiger partial charge in [-0.3, -0.25) is 9.52 Å². The molecule has 0 saturated carbocycles. The highest BCUT2D eigenvalue weighted by Crippen LogP contribution is 2.28. The molecule has 0 atom stereocenters. The van der Waals surface area contributed by atoms with E-state index in [1.807, 2.05) is 56.3 Å². The average molecular weight is 496 g/mol. The molecule has 0 radical (unpaired) electrons. The number of aromatic nitrogens is 2. The topological polar surface area (TPSA) is 78.9 Å². The summed E-state index contributed by atoms with van der Waals surface area (Å²) in [6, 6.07) is 17.6. The van der Waals surface area contributed by atoms with Crippen molar-refractivity contribution in [1.29, 1.82) is 0 Å². The largest absolute Gasteiger partial charge is 0.324 e. The Kier molecular flexibility index (Phi) is 12.2. The predicted molar refractivity (Wildman–Crippen MR) is 146 cm³/mol. The van der Waals surface area contributed by atoms with E-state index in [1.54, 1.807) is 18.1 Å². The summed E-state index contributed by atoms with van der Waals surface area (Å²) in [6.45, 7) is 12.9. The van der Waals surface area contributed by atoms with Crippen molar-refractivity contribution in [2.24, 2.45) is 5.92 Å². The second-order valence-electron chi connectivity index (χ2n) is 7.37. The van der Waals surface area contributed by atoms with Crippen LogP contribution in [0.5, 0.6) is 0 Å². The lowest BCUT2D eigenvalue weighted by Gasteiger charge is -2.09. The first-order valence-corrected chi connectivity index (χ1v) is 13.0. The van der Waals surface area contributed by atoms with E-state index in [4.69, 9.17) is 0 Å². The third-order valence-corrected chi connectivity index (χ3v) is 6.08. The lowest BCUT2D eigenvalue weighted by atomic mass is 10.1. The first-order valence-electron chi connectivity index (χ1n) is 11.3. The number of hydrogen-bond donors (Lipinski definition) is 3. The van der Waals surface area contributed by atoms with Gasteiger partial charge in [-0.25, -0.2) is 9.97 Å². The molecular formula is C26H33N5OS2. The van der Waals surface area contributed by atoms with E-state index >= 15 is 0 Å². The first-order chi connectivity index (χ1) is 16.5. The molecule has 1 heterocycles. The van der Waals surface area contributed by atoms with Crippen LogP contribution in [0.25, 0.3) is 0 Å². The lowest BCUT2D eigenvalue weighted by Crippen LogP contribution is -2.07. The standard InChI is InChI=1S/C24H27N5OS2.C2H6/c1-4-22(30)27-18-5-9-20(10-6-18)31-23-14-15-25-24(29-23)28-19-7-11-21(12-8-19)32-26-16-13-17(2)3;1-2/h4-12,14-15,17,26H,1,13,16H2,2-3H3,(H,27,30)(H,25,28,29);1-2H3. The number of nitrogens with one attached hydrogen (secondary N) is 3. The molecule has 180 valence electrons. The molecule has 0 unspecified atom stereocenters. The van der Waals surface area contributed by atoms with Gasteiger partial charge in [-0.1, -0.05) is 46.0 Å². The molecule has 0 spiro atoms. The van der Waals surface area contributed by atoms with Crippen molar-refractivity contribution < 1.29 is 4.79 Å². The average Bonchev–Trinajstić information content (AvgIpc) is 2.85. The SMILES string of the molecule is C=CC(=O)Nc1ccc(Sc2ccnc(Nc3ccc(SNCCC(C)C)cc3)n2)cc1.CC. The Hall–Kier alpha value is -2.81. The van der Waals surface area contributed by atoms with Crippen LogP contribution in [-0.2, 0) is 4.79 Å². The highest BCUT2D eigenvalue weighted by molar-refractivity contribution is 7.99. The van der Waals surface area contributed by atoms with Crippen molar-refractivity contribution in [3.8, 4) is 0 Å². The fourth-order valence-electron chi connectivity index (χ4n) is 2.60. The fourth-order valence-corrected chi connectivity index (χ4v) is 4.03. The van der Waals surface area contributed by atoms with Gasteiger partial charge in [-0.05, 0) is 85.0 Å². The van der Waals surface area contributed by atoms with E-state index in [0.29, 0.717) is 11.9 Å². The van der Waals surface area contributed by atoms with Crippen LogP contribution in [0, 0.1) is 5.92 Å². The summed E-state index contributed by atoms with van der Waals surface area (Å²) in [7, 11) is 0. The number of amides is 1. The zero-order valence-corrected chi connectivity index (χ0v) is 21.8. The van der Waals surface area contributed by atoms with E-state index in [9.17, 15) is 4.79 Å². The number of nitrogens with zero attached hydrogens (tertiary/aromatic N) is 2. The van der Waals surface area contributed by atoms with Crippen LogP contribution < -0.4 is 15.4 Å². The molecule has 0 fully saturated rings. The second kappa shape index (κ2) is 15.2. The van der Waals surface area contributed by atoms with Crippen LogP contribution in [0.15, 0.2) is 88.3 Å². The summed E-state index contributed by atoms with van der Waals surface area (Å²) in [6.07, 6.45) is 4.14. The van der Waals surface area contributed by atoms with Gasteiger partial charge in [0.25, 0.3) is 0 Å². The summed E-state index contributed by atoms with van der Waals surface area (Å²) in [5.41, 5.74) is 1.65. The Morgan fingerprint density at radius 3 is 2.29 bits per heavy atom. The summed E-state index contributed by atoms with van der Waals surface area (Å²) >= 11 is 3.17. The maximum atomic E-state index is 11.4. The number of anilines is 3. The van der Waals surface area contributed by atoms with Gasteiger partial charge < -0.3 is 10.6 Å². The highest BCUT2D eigenvalue weighted by Gasteiger charge is 2.04. The summed E-state index contributed by atoms with van der Waals surface area (Å²) in [5, 5.41) is 6.81. The van der Waals surface area contributed by atoms with Crippen molar-refractivity contribution >= 4 is 46.9 Å². The predicted octanol–water partition coefficient (Wildman–Crippen LogP) is 7.16. The maximum absolute atomic E-state index is 11.4. The monoisotopic (exact) mass is 495 g/mol. The van der Waals surface area contributed by atoms with Crippen LogP contribution in [0.2, 0.25) is 0 Å². The molecule has 0 aliphatic heterocycles. The van der Waals surface area contributed by atoms with Gasteiger partial charge in [0.15, 0.2) is 0 Å². The molecule has 2 aromatic carbocycles. The van der Waals surface area contributed by atoms with Gasteiger partial charge in [0.05, 0.1) is 0 Å². The van der Waals surface area contributed by atoms with E-state index in [1.165, 1.54) is 17.8 Å². The highest BCUT2D eigenvalue weighted by atomic mass is 32.2. The first kappa shape index (κ1) is 27.4. The Labute approximate surface area is 211 Å². The number of rotatable bonds is 11. The minimum absolute atomic E-state index is 0.231. The van der Waals surface area contributed by atoms with E-state index in [-0.39, 0.29) is 5.91 Å². The summed E-state index contributed by atoms with van der Waals surface area (Å²) in [4.78, 5) is 22.5. The molecule has 6 nitrogen and oxygen atoms in total. The Balaban J connectivity index is 0.00000199. The lowest BCUT2D eigenvalue weighted by molar-refractivity contribution is -0.111. The molecule has 3 rings (SSSR count). The maximum Gasteiger partial charge on any atom is 0.247 e. The normalized spacial score (nSPS) is 10.3. The number of carbonyl (C=O) groups excluding carboxylic acids is 1. The molecule has 3 N–H and O–H groups in total. The molecule has 0 aliphatic carbocycles. The third kappa shape index (κ3) is 9.99. The molecule has 1 aromatic heterocycles. The van der Waals surface area contributed by atoms with Crippen molar-refractivity contribution in [2.75, 3.05) is 17.2 Å². The molecule has 1 amide bonds. The van der Waals surface area contributed by atoms with Crippen molar-refractivity contribution in [3.05, 3.63) is 73.4 Å². The minimum atomic E-state index is -0.231. The summed E-state index contributed by atoms with van der Waals surface area (Å²) < 4.78 is 3.39. The molecule has 3 aromatic rings. The van der Waals surface area contributed by atoms with Crippen LogP contribution >= 0.6 is 23.7 Å². The zero-order chi connectivity index (χ0) is 24.8. The number of carbonyl (C=O) groups is 1. The molecule has 8 heteroatoms. The fraction of sp³-hybridized carbons (Fsp3) is 0.269. The van der Waals surface area contributed by atoms with Gasteiger partial charge in [-0.15, -0.1) is 0 Å². The van der Waals surface area contributed by atoms with Crippen molar-refractivity contribution in [1.82, 2.24) is 14.7 Å². The number of hydrogen-bond acceptors (Lipinski definition) is 7. The quantitative estimate of drug-likeness (QED) is 0.113. The van der Waals surface area contributed by atoms with Crippen LogP contribution in [0.1, 0.15) is 34.1 Å². The van der Waals surface area contributed by atoms with Crippen LogP contribution in [0.3, 0.4) is 0 Å². The molecular weight excluding hydrogens is 462 g/mol. The van der Waals surface area contributed by atoms with Crippen LogP contribution in [-0.4, -0.2) is 22.4 Å². The second-order valence-corrected chi connectivity index (χ2v) is 9.42. The Morgan fingerprint density at radius 2 is 1.65 bits per heavy atom. The Morgan fingerprint density at radius 1 is 1.00 bits per heavy atom. The molecule has 0 bridgehead atoms. The molecule has 0 saturated heterocycles.